The molecule has 1 nitrogen and oxygen atoms in total. The van der Waals surface area contributed by atoms with Crippen LogP contribution >= 0.6 is 0 Å². The molecule has 0 unspecified atom stereocenters. The summed E-state index contributed by atoms with van der Waals surface area (Å²) in [6, 6.07) is 0. The molecule has 0 atom stereocenters. The van der Waals surface area contributed by atoms with E-state index >= 15 is 0 Å². The van der Waals surface area contributed by atoms with Crippen LogP contribution in [0.2, 0.25) is 0 Å². The Bertz CT molecular complexity index is 102. The molecule has 0 amide bonds. The number of fused-ring (bicyclic) bond motifs is 1. The third kappa shape index (κ3) is 0.395. The summed E-state index contributed by atoms with van der Waals surface area (Å²) in [6.45, 7) is 0.535. The highest BCUT2D eigenvalue weighted by Gasteiger charge is 2.51. The van der Waals surface area contributed by atoms with Crippen molar-refractivity contribution in [2.75, 3.05) is 13.3 Å². The summed E-state index contributed by atoms with van der Waals surface area (Å²) in [5.74, 6) is 0.700. The summed E-state index contributed by atoms with van der Waals surface area (Å²) in [5.41, 5.74) is -0.287. The van der Waals surface area contributed by atoms with E-state index in [0.29, 0.717) is 5.92 Å². The van der Waals surface area contributed by atoms with E-state index in [1.807, 2.05) is 0 Å². The summed E-state index contributed by atoms with van der Waals surface area (Å²) in [5, 5.41) is 0. The zero-order valence-electron chi connectivity index (χ0n) is 4.69. The van der Waals surface area contributed by atoms with Gasteiger partial charge in [-0.2, -0.15) is 0 Å². The zero-order chi connectivity index (χ0) is 5.61. The first kappa shape index (κ1) is 4.74. The molecule has 1 saturated carbocycles. The van der Waals surface area contributed by atoms with Crippen molar-refractivity contribution in [2.45, 2.75) is 18.4 Å². The highest BCUT2D eigenvalue weighted by atomic mass is 19.1. The maximum atomic E-state index is 12.0. The maximum absolute atomic E-state index is 12.0. The summed E-state index contributed by atoms with van der Waals surface area (Å²) < 4.78 is 17.2. The van der Waals surface area contributed by atoms with Crippen LogP contribution in [-0.2, 0) is 4.74 Å². The molecule has 0 aromatic rings. The molecule has 2 bridgehead atoms. The summed E-state index contributed by atoms with van der Waals surface area (Å²) in [7, 11) is 0. The first-order valence-electron chi connectivity index (χ1n) is 3.05. The van der Waals surface area contributed by atoms with Crippen molar-refractivity contribution < 1.29 is 9.13 Å². The van der Waals surface area contributed by atoms with Crippen molar-refractivity contribution in [3.8, 4) is 0 Å². The molecular weight excluding hydrogens is 107 g/mol. The van der Waals surface area contributed by atoms with Gasteiger partial charge in [0, 0.05) is 0 Å². The molecule has 1 aliphatic carbocycles. The van der Waals surface area contributed by atoms with Gasteiger partial charge in [0.2, 0.25) is 0 Å². The lowest BCUT2D eigenvalue weighted by Crippen LogP contribution is -2.38. The van der Waals surface area contributed by atoms with Gasteiger partial charge < -0.3 is 4.74 Å². The Labute approximate surface area is 47.8 Å². The second-order valence-electron chi connectivity index (χ2n) is 2.90. The molecule has 3 aliphatic rings. The normalized spacial score (nSPS) is 51.4. The number of halogens is 1. The van der Waals surface area contributed by atoms with Crippen molar-refractivity contribution in [2.24, 2.45) is 5.92 Å². The second kappa shape index (κ2) is 1.24. The number of hydrogen-bond donors (Lipinski definition) is 0. The van der Waals surface area contributed by atoms with Crippen LogP contribution in [-0.4, -0.2) is 18.9 Å². The molecule has 2 heteroatoms. The quantitative estimate of drug-likeness (QED) is 0.499. The lowest BCUT2D eigenvalue weighted by molar-refractivity contribution is -0.0188. The molecule has 46 valence electrons. The summed E-state index contributed by atoms with van der Waals surface area (Å²) >= 11 is 0. The third-order valence-corrected chi connectivity index (χ3v) is 2.19. The average Bonchev–Trinajstić information content (AvgIpc) is 2.17. The summed E-state index contributed by atoms with van der Waals surface area (Å²) in [4.78, 5) is 0. The van der Waals surface area contributed by atoms with E-state index in [-0.39, 0.29) is 12.3 Å². The van der Waals surface area contributed by atoms with Gasteiger partial charge >= 0.3 is 0 Å². The van der Waals surface area contributed by atoms with Crippen molar-refractivity contribution in [3.63, 3.8) is 0 Å². The Hall–Kier alpha value is -0.110. The van der Waals surface area contributed by atoms with E-state index in [9.17, 15) is 4.39 Å². The Morgan fingerprint density at radius 2 is 2.38 bits per heavy atom. The highest BCUT2D eigenvalue weighted by molar-refractivity contribution is 5.01. The molecule has 0 aromatic heterocycles. The van der Waals surface area contributed by atoms with Gasteiger partial charge in [0.1, 0.15) is 6.67 Å². The molecule has 0 aromatic carbocycles. The molecule has 2 heterocycles. The van der Waals surface area contributed by atoms with Gasteiger partial charge in [0.15, 0.2) is 0 Å². The fraction of sp³-hybridized carbons (Fsp3) is 1.00. The first-order chi connectivity index (χ1) is 3.85. The highest BCUT2D eigenvalue weighted by Crippen LogP contribution is 2.48. The van der Waals surface area contributed by atoms with Gasteiger partial charge in [0.25, 0.3) is 0 Å². The smallest absolute Gasteiger partial charge is 0.118 e. The van der Waals surface area contributed by atoms with E-state index in [1.165, 1.54) is 0 Å². The molecule has 3 fully saturated rings. The lowest BCUT2D eigenvalue weighted by atomic mass is 9.76. The number of hydrogen-bond acceptors (Lipinski definition) is 1. The minimum Gasteiger partial charge on any atom is -0.372 e. The van der Waals surface area contributed by atoms with Crippen LogP contribution < -0.4 is 0 Å². The van der Waals surface area contributed by atoms with Gasteiger partial charge in [-0.1, -0.05) is 0 Å². The molecule has 3 rings (SSSR count). The van der Waals surface area contributed by atoms with E-state index in [0.717, 1.165) is 19.4 Å². The van der Waals surface area contributed by atoms with Crippen LogP contribution in [0.15, 0.2) is 0 Å². The van der Waals surface area contributed by atoms with Crippen LogP contribution in [0, 0.1) is 5.92 Å². The number of ether oxygens (including phenoxy) is 1. The standard InChI is InChI=1S/C6H9FO/c7-4-6-1-5(2-6)3-8-6/h5H,1-4H2. The third-order valence-electron chi connectivity index (χ3n) is 2.19. The van der Waals surface area contributed by atoms with E-state index in [2.05, 4.69) is 0 Å². The molecule has 2 saturated heterocycles. The Kier molecular flexibility index (Phi) is 0.734. The van der Waals surface area contributed by atoms with Crippen LogP contribution in [0.4, 0.5) is 4.39 Å². The van der Waals surface area contributed by atoms with Gasteiger partial charge in [0.05, 0.1) is 12.2 Å². The predicted octanol–water partition coefficient (Wildman–Crippen LogP) is 1.13. The zero-order valence-corrected chi connectivity index (χ0v) is 4.69. The second-order valence-corrected chi connectivity index (χ2v) is 2.90. The maximum Gasteiger partial charge on any atom is 0.118 e. The average molecular weight is 116 g/mol. The van der Waals surface area contributed by atoms with Crippen molar-refractivity contribution in [1.29, 1.82) is 0 Å². The van der Waals surface area contributed by atoms with E-state index in [1.54, 1.807) is 0 Å². The van der Waals surface area contributed by atoms with Gasteiger partial charge in [-0.15, -0.1) is 0 Å². The first-order valence-corrected chi connectivity index (χ1v) is 3.05. The van der Waals surface area contributed by atoms with E-state index in [4.69, 9.17) is 4.74 Å². The molecule has 0 spiro atoms. The van der Waals surface area contributed by atoms with Crippen LogP contribution in [0.25, 0.3) is 0 Å². The van der Waals surface area contributed by atoms with Crippen LogP contribution in [0.1, 0.15) is 12.8 Å². The van der Waals surface area contributed by atoms with Crippen LogP contribution in [0.3, 0.4) is 0 Å². The Morgan fingerprint density at radius 3 is 2.62 bits per heavy atom. The SMILES string of the molecule is FCC12CC(CO1)C2. The van der Waals surface area contributed by atoms with Crippen molar-refractivity contribution >= 4 is 0 Å². The van der Waals surface area contributed by atoms with E-state index < -0.39 is 0 Å². The van der Waals surface area contributed by atoms with Gasteiger partial charge in [-0.25, -0.2) is 4.39 Å². The number of rotatable bonds is 1. The fourth-order valence-corrected chi connectivity index (χ4v) is 1.67. The number of alkyl halides is 1. The molecular formula is C6H9FO. The Balaban J connectivity index is 2.09. The lowest BCUT2D eigenvalue weighted by Gasteiger charge is -2.32. The largest absolute Gasteiger partial charge is 0.372 e. The topological polar surface area (TPSA) is 9.23 Å². The molecule has 2 aliphatic heterocycles. The predicted molar refractivity (Wildman–Crippen MR) is 27.4 cm³/mol. The minimum atomic E-state index is -0.287. The minimum absolute atomic E-state index is 0.274. The monoisotopic (exact) mass is 116 g/mol. The van der Waals surface area contributed by atoms with Gasteiger partial charge in [-0.3, -0.25) is 0 Å². The summed E-state index contributed by atoms with van der Waals surface area (Å²) in [6.07, 6.45) is 1.95. The van der Waals surface area contributed by atoms with Crippen molar-refractivity contribution in [3.05, 3.63) is 0 Å². The fourth-order valence-electron chi connectivity index (χ4n) is 1.67. The molecule has 0 radical (unpaired) electrons. The van der Waals surface area contributed by atoms with Crippen LogP contribution in [0.5, 0.6) is 0 Å². The molecule has 8 heavy (non-hydrogen) atoms. The van der Waals surface area contributed by atoms with Crippen molar-refractivity contribution in [1.82, 2.24) is 0 Å². The molecule has 0 N–H and O–H groups in total. The van der Waals surface area contributed by atoms with Gasteiger partial charge in [-0.05, 0) is 18.8 Å². The Morgan fingerprint density at radius 1 is 1.62 bits per heavy atom.